The molecule has 220 valence electrons. The van der Waals surface area contributed by atoms with Crippen molar-refractivity contribution in [3.63, 3.8) is 0 Å². The van der Waals surface area contributed by atoms with Crippen molar-refractivity contribution in [1.82, 2.24) is 9.62 Å². The summed E-state index contributed by atoms with van der Waals surface area (Å²) in [7, 11) is -7.68. The molecule has 0 aromatic heterocycles. The molecule has 1 aliphatic rings. The molecule has 0 atom stereocenters. The molecule has 1 aliphatic heterocycles. The summed E-state index contributed by atoms with van der Waals surface area (Å²) in [6.07, 6.45) is 0. The quantitative estimate of drug-likeness (QED) is 0.326. The number of benzene rings is 3. The SMILES string of the molecule is Cc1ccc(N(CC(=O)NCCOc2ccc(S(=O)(=O)N3CCOCC3)cc2)S(=O)(=O)c2ccc(Cl)cc2)cc1C. The molecule has 1 saturated heterocycles. The van der Waals surface area contributed by atoms with Gasteiger partial charge in [0.2, 0.25) is 15.9 Å². The highest BCUT2D eigenvalue weighted by atomic mass is 35.5. The molecule has 0 spiro atoms. The van der Waals surface area contributed by atoms with Crippen LogP contribution in [0.5, 0.6) is 5.75 Å². The van der Waals surface area contributed by atoms with E-state index in [2.05, 4.69) is 5.32 Å². The number of ether oxygens (including phenoxy) is 2. The number of carbonyl (C=O) groups is 1. The van der Waals surface area contributed by atoms with Gasteiger partial charge in [0.15, 0.2) is 0 Å². The molecule has 1 heterocycles. The largest absolute Gasteiger partial charge is 0.492 e. The fraction of sp³-hybridized carbons (Fsp3) is 0.321. The number of sulfonamides is 2. The smallest absolute Gasteiger partial charge is 0.264 e. The zero-order chi connectivity index (χ0) is 29.6. The molecule has 0 saturated carbocycles. The summed E-state index contributed by atoms with van der Waals surface area (Å²) >= 11 is 5.94. The number of morpholine rings is 1. The van der Waals surface area contributed by atoms with Crippen molar-refractivity contribution in [2.24, 2.45) is 0 Å². The van der Waals surface area contributed by atoms with E-state index in [-0.39, 0.29) is 22.9 Å². The van der Waals surface area contributed by atoms with Crippen molar-refractivity contribution in [2.45, 2.75) is 23.6 Å². The van der Waals surface area contributed by atoms with E-state index in [1.165, 1.54) is 40.7 Å². The molecule has 13 heteroatoms. The number of halogens is 1. The highest BCUT2D eigenvalue weighted by molar-refractivity contribution is 7.92. The number of nitrogens with zero attached hydrogens (tertiary/aromatic N) is 2. The van der Waals surface area contributed by atoms with Crippen LogP contribution >= 0.6 is 11.6 Å². The standard InChI is InChI=1S/C28H32ClN3O7S2/c1-21-3-6-24(19-22(21)2)32(41(36,37)27-9-4-23(29)5-10-27)20-28(33)30-13-16-39-25-7-11-26(12-8-25)40(34,35)31-14-17-38-18-15-31/h3-12,19H,13-18,20H2,1-2H3,(H,30,33). The lowest BCUT2D eigenvalue weighted by atomic mass is 10.1. The summed E-state index contributed by atoms with van der Waals surface area (Å²) in [6.45, 7) is 4.88. The summed E-state index contributed by atoms with van der Waals surface area (Å²) in [5.74, 6) is -0.0847. The third-order valence-electron chi connectivity index (χ3n) is 6.59. The summed E-state index contributed by atoms with van der Waals surface area (Å²) in [5, 5.41) is 3.08. The van der Waals surface area contributed by atoms with E-state index in [0.29, 0.717) is 42.8 Å². The Morgan fingerprint density at radius 1 is 0.927 bits per heavy atom. The summed E-state index contributed by atoms with van der Waals surface area (Å²) in [5.41, 5.74) is 2.24. The van der Waals surface area contributed by atoms with Gasteiger partial charge >= 0.3 is 0 Å². The van der Waals surface area contributed by atoms with Crippen LogP contribution in [0.4, 0.5) is 5.69 Å². The minimum atomic E-state index is -4.07. The Bertz CT molecular complexity index is 1570. The first-order chi connectivity index (χ1) is 19.5. The van der Waals surface area contributed by atoms with E-state index in [0.717, 1.165) is 15.4 Å². The van der Waals surface area contributed by atoms with Gasteiger partial charge in [0, 0.05) is 18.1 Å². The molecule has 41 heavy (non-hydrogen) atoms. The van der Waals surface area contributed by atoms with Gasteiger partial charge in [-0.25, -0.2) is 16.8 Å². The van der Waals surface area contributed by atoms with E-state index in [9.17, 15) is 21.6 Å². The maximum atomic E-state index is 13.5. The molecular weight excluding hydrogens is 590 g/mol. The van der Waals surface area contributed by atoms with E-state index >= 15 is 0 Å². The second-order valence-corrected chi connectivity index (χ2v) is 13.7. The van der Waals surface area contributed by atoms with Crippen molar-refractivity contribution in [1.29, 1.82) is 0 Å². The third-order valence-corrected chi connectivity index (χ3v) is 10.5. The van der Waals surface area contributed by atoms with Gasteiger partial charge in [0.05, 0.1) is 35.2 Å². The molecule has 1 amide bonds. The average molecular weight is 622 g/mol. The Balaban J connectivity index is 1.37. The Morgan fingerprint density at radius 3 is 2.20 bits per heavy atom. The van der Waals surface area contributed by atoms with Gasteiger partial charge in [-0.05, 0) is 85.6 Å². The molecule has 3 aromatic carbocycles. The molecule has 4 rings (SSSR count). The molecule has 0 radical (unpaired) electrons. The van der Waals surface area contributed by atoms with Crippen LogP contribution in [0, 0.1) is 13.8 Å². The monoisotopic (exact) mass is 621 g/mol. The highest BCUT2D eigenvalue weighted by Crippen LogP contribution is 2.26. The Hall–Kier alpha value is -3.16. The van der Waals surface area contributed by atoms with Gasteiger partial charge < -0.3 is 14.8 Å². The van der Waals surface area contributed by atoms with Crippen LogP contribution < -0.4 is 14.4 Å². The second kappa shape index (κ2) is 13.2. The van der Waals surface area contributed by atoms with Crippen LogP contribution in [0.2, 0.25) is 5.02 Å². The number of anilines is 1. The van der Waals surface area contributed by atoms with Crippen LogP contribution in [0.1, 0.15) is 11.1 Å². The van der Waals surface area contributed by atoms with Gasteiger partial charge in [-0.3, -0.25) is 9.10 Å². The number of aryl methyl sites for hydroxylation is 2. The fourth-order valence-electron chi connectivity index (χ4n) is 4.12. The molecule has 10 nitrogen and oxygen atoms in total. The first-order valence-electron chi connectivity index (χ1n) is 12.9. The van der Waals surface area contributed by atoms with Gasteiger partial charge in [-0.2, -0.15) is 4.31 Å². The molecule has 0 bridgehead atoms. The lowest BCUT2D eigenvalue weighted by molar-refractivity contribution is -0.119. The molecule has 1 fully saturated rings. The predicted octanol–water partition coefficient (Wildman–Crippen LogP) is 3.37. The zero-order valence-corrected chi connectivity index (χ0v) is 25.1. The summed E-state index contributed by atoms with van der Waals surface area (Å²) in [6, 6.07) is 17.0. The molecular formula is C28H32ClN3O7S2. The van der Waals surface area contributed by atoms with Crippen molar-refractivity contribution in [3.05, 3.63) is 82.9 Å². The van der Waals surface area contributed by atoms with Crippen LogP contribution in [0.15, 0.2) is 76.5 Å². The highest BCUT2D eigenvalue weighted by Gasteiger charge is 2.28. The Labute approximate surface area is 245 Å². The van der Waals surface area contributed by atoms with Crippen LogP contribution in [0.25, 0.3) is 0 Å². The van der Waals surface area contributed by atoms with Crippen molar-refractivity contribution in [3.8, 4) is 5.75 Å². The maximum absolute atomic E-state index is 13.5. The lowest BCUT2D eigenvalue weighted by Crippen LogP contribution is -2.42. The number of amides is 1. The third kappa shape index (κ3) is 7.57. The van der Waals surface area contributed by atoms with Crippen LogP contribution in [-0.4, -0.2) is 73.0 Å². The second-order valence-electron chi connectivity index (χ2n) is 9.42. The van der Waals surface area contributed by atoms with Gasteiger partial charge in [-0.15, -0.1) is 0 Å². The molecule has 3 aromatic rings. The van der Waals surface area contributed by atoms with Crippen LogP contribution in [0.3, 0.4) is 0 Å². The Morgan fingerprint density at radius 2 is 1.56 bits per heavy atom. The first-order valence-corrected chi connectivity index (χ1v) is 16.2. The van der Waals surface area contributed by atoms with E-state index in [1.54, 1.807) is 30.3 Å². The average Bonchev–Trinajstić information content (AvgIpc) is 2.96. The molecule has 0 aliphatic carbocycles. The fourth-order valence-corrected chi connectivity index (χ4v) is 7.07. The number of hydrogen-bond donors (Lipinski definition) is 1. The van der Waals surface area contributed by atoms with Gasteiger partial charge in [0.25, 0.3) is 10.0 Å². The van der Waals surface area contributed by atoms with Crippen LogP contribution in [-0.2, 0) is 29.6 Å². The van der Waals surface area contributed by atoms with E-state index < -0.39 is 32.5 Å². The van der Waals surface area contributed by atoms with E-state index in [1.807, 2.05) is 13.8 Å². The van der Waals surface area contributed by atoms with Crippen molar-refractivity contribution < 1.29 is 31.1 Å². The van der Waals surface area contributed by atoms with Crippen molar-refractivity contribution in [2.75, 3.05) is 50.3 Å². The molecule has 1 N–H and O–H groups in total. The Kier molecular flexibility index (Phi) is 9.92. The predicted molar refractivity (Wildman–Crippen MR) is 156 cm³/mol. The lowest BCUT2D eigenvalue weighted by Gasteiger charge is -2.26. The maximum Gasteiger partial charge on any atom is 0.264 e. The first kappa shape index (κ1) is 30.8. The van der Waals surface area contributed by atoms with Gasteiger partial charge in [0.1, 0.15) is 18.9 Å². The number of hydrogen-bond acceptors (Lipinski definition) is 7. The minimum absolute atomic E-state index is 0.00958. The minimum Gasteiger partial charge on any atom is -0.492 e. The van der Waals surface area contributed by atoms with E-state index in [4.69, 9.17) is 21.1 Å². The van der Waals surface area contributed by atoms with Crippen molar-refractivity contribution >= 4 is 43.2 Å². The zero-order valence-electron chi connectivity index (χ0n) is 22.7. The molecule has 0 unspecified atom stereocenters. The van der Waals surface area contributed by atoms with Gasteiger partial charge in [-0.1, -0.05) is 17.7 Å². The number of nitrogens with one attached hydrogen (secondary N) is 1. The normalized spacial score (nSPS) is 14.4. The summed E-state index contributed by atoms with van der Waals surface area (Å²) in [4.78, 5) is 13.0. The number of carbonyl (C=O) groups excluding carboxylic acids is 1. The summed E-state index contributed by atoms with van der Waals surface area (Å²) < 4.78 is 65.9. The topological polar surface area (TPSA) is 122 Å². The number of rotatable bonds is 11.